The highest BCUT2D eigenvalue weighted by molar-refractivity contribution is 9.10. The minimum atomic E-state index is 0.859. The molecule has 1 heterocycles. The summed E-state index contributed by atoms with van der Waals surface area (Å²) in [5, 5.41) is 9.69. The van der Waals surface area contributed by atoms with Crippen molar-refractivity contribution in [2.45, 2.75) is 24.4 Å². The fraction of sp³-hybridized carbons (Fsp3) is 0.176. The Labute approximate surface area is 142 Å². The third kappa shape index (κ3) is 3.42. The van der Waals surface area contributed by atoms with Gasteiger partial charge >= 0.3 is 0 Å². The molecular formula is C17H16BrN3S. The van der Waals surface area contributed by atoms with E-state index in [1.807, 2.05) is 24.3 Å². The van der Waals surface area contributed by atoms with E-state index in [9.17, 15) is 0 Å². The van der Waals surface area contributed by atoms with E-state index in [2.05, 4.69) is 67.9 Å². The molecule has 0 aliphatic rings. The van der Waals surface area contributed by atoms with Crippen LogP contribution in [-0.4, -0.2) is 14.8 Å². The summed E-state index contributed by atoms with van der Waals surface area (Å²) in [7, 11) is 0. The van der Waals surface area contributed by atoms with Gasteiger partial charge in [0.1, 0.15) is 0 Å². The summed E-state index contributed by atoms with van der Waals surface area (Å²) in [5.74, 6) is 1.81. The minimum Gasteiger partial charge on any atom is -0.302 e. The highest BCUT2D eigenvalue weighted by atomic mass is 79.9. The zero-order chi connectivity index (χ0) is 15.4. The summed E-state index contributed by atoms with van der Waals surface area (Å²) in [5.41, 5.74) is 2.37. The topological polar surface area (TPSA) is 30.7 Å². The first kappa shape index (κ1) is 15.3. The molecule has 0 aliphatic carbocycles. The van der Waals surface area contributed by atoms with E-state index in [0.29, 0.717) is 0 Å². The maximum Gasteiger partial charge on any atom is 0.191 e. The van der Waals surface area contributed by atoms with Crippen molar-refractivity contribution in [3.8, 4) is 11.4 Å². The molecule has 0 spiro atoms. The largest absolute Gasteiger partial charge is 0.302 e. The highest BCUT2D eigenvalue weighted by Gasteiger charge is 2.12. The van der Waals surface area contributed by atoms with E-state index in [-0.39, 0.29) is 0 Å². The first-order valence-electron chi connectivity index (χ1n) is 7.14. The maximum atomic E-state index is 4.37. The molecule has 0 saturated carbocycles. The van der Waals surface area contributed by atoms with E-state index in [4.69, 9.17) is 0 Å². The Kier molecular flexibility index (Phi) is 4.95. The highest BCUT2D eigenvalue weighted by Crippen LogP contribution is 2.26. The molecule has 3 aromatic rings. The van der Waals surface area contributed by atoms with Crippen molar-refractivity contribution in [2.24, 2.45) is 0 Å². The second kappa shape index (κ2) is 7.11. The standard InChI is InChI=1S/C17H16BrN3S/c1-2-21-16(14-8-4-3-5-9-14)19-20-17(21)22-12-13-7-6-10-15(18)11-13/h3-11H,2,12H2,1H3. The van der Waals surface area contributed by atoms with Gasteiger partial charge in [-0.3, -0.25) is 0 Å². The predicted molar refractivity (Wildman–Crippen MR) is 94.8 cm³/mol. The molecular weight excluding hydrogens is 358 g/mol. The molecule has 0 bridgehead atoms. The van der Waals surface area contributed by atoms with Crippen LogP contribution in [0.2, 0.25) is 0 Å². The predicted octanol–water partition coefficient (Wildman–Crippen LogP) is 5.02. The number of aromatic nitrogens is 3. The van der Waals surface area contributed by atoms with Crippen LogP contribution in [0.25, 0.3) is 11.4 Å². The van der Waals surface area contributed by atoms with E-state index >= 15 is 0 Å². The summed E-state index contributed by atoms with van der Waals surface area (Å²) < 4.78 is 3.27. The van der Waals surface area contributed by atoms with Crippen molar-refractivity contribution in [2.75, 3.05) is 0 Å². The summed E-state index contributed by atoms with van der Waals surface area (Å²) in [6, 6.07) is 18.6. The average Bonchev–Trinajstić information content (AvgIpc) is 2.97. The van der Waals surface area contributed by atoms with Gasteiger partial charge in [-0.1, -0.05) is 70.2 Å². The van der Waals surface area contributed by atoms with Gasteiger partial charge < -0.3 is 4.57 Å². The van der Waals surface area contributed by atoms with Gasteiger partial charge in [-0.2, -0.15) is 0 Å². The van der Waals surface area contributed by atoms with Crippen LogP contribution < -0.4 is 0 Å². The normalized spacial score (nSPS) is 10.8. The molecule has 0 N–H and O–H groups in total. The Hall–Kier alpha value is -1.59. The Morgan fingerprint density at radius 1 is 1.05 bits per heavy atom. The summed E-state index contributed by atoms with van der Waals surface area (Å²) in [4.78, 5) is 0. The molecule has 5 heteroatoms. The van der Waals surface area contributed by atoms with Crippen LogP contribution in [0.1, 0.15) is 12.5 Å². The van der Waals surface area contributed by atoms with Crippen molar-refractivity contribution in [3.63, 3.8) is 0 Å². The van der Waals surface area contributed by atoms with Crippen LogP contribution >= 0.6 is 27.7 Å². The summed E-state index contributed by atoms with van der Waals surface area (Å²) in [6.07, 6.45) is 0. The van der Waals surface area contributed by atoms with Crippen LogP contribution in [0, 0.1) is 0 Å². The molecule has 22 heavy (non-hydrogen) atoms. The molecule has 0 radical (unpaired) electrons. The SMILES string of the molecule is CCn1c(SCc2cccc(Br)c2)nnc1-c1ccccc1. The Bertz CT molecular complexity index is 756. The van der Waals surface area contributed by atoms with Gasteiger partial charge in [0.05, 0.1) is 0 Å². The first-order chi connectivity index (χ1) is 10.8. The molecule has 112 valence electrons. The lowest BCUT2D eigenvalue weighted by Crippen LogP contribution is -1.99. The van der Waals surface area contributed by atoms with Crippen molar-refractivity contribution in [1.29, 1.82) is 0 Å². The van der Waals surface area contributed by atoms with Gasteiger partial charge in [0, 0.05) is 22.3 Å². The maximum absolute atomic E-state index is 4.37. The van der Waals surface area contributed by atoms with Crippen molar-refractivity contribution < 1.29 is 0 Å². The van der Waals surface area contributed by atoms with Crippen LogP contribution in [0.15, 0.2) is 64.2 Å². The van der Waals surface area contributed by atoms with Crippen molar-refractivity contribution in [3.05, 3.63) is 64.6 Å². The number of hydrogen-bond donors (Lipinski definition) is 0. The molecule has 3 rings (SSSR count). The zero-order valence-corrected chi connectivity index (χ0v) is 14.6. The van der Waals surface area contributed by atoms with Crippen LogP contribution in [-0.2, 0) is 12.3 Å². The van der Waals surface area contributed by atoms with E-state index in [0.717, 1.165) is 33.3 Å². The quantitative estimate of drug-likeness (QED) is 0.588. The lowest BCUT2D eigenvalue weighted by atomic mass is 10.2. The molecule has 0 saturated heterocycles. The van der Waals surface area contributed by atoms with E-state index in [1.54, 1.807) is 11.8 Å². The summed E-state index contributed by atoms with van der Waals surface area (Å²) >= 11 is 5.23. The van der Waals surface area contributed by atoms with Gasteiger partial charge in [0.15, 0.2) is 11.0 Å². The molecule has 0 atom stereocenters. The monoisotopic (exact) mass is 373 g/mol. The van der Waals surface area contributed by atoms with E-state index in [1.165, 1.54) is 5.56 Å². The number of rotatable bonds is 5. The van der Waals surface area contributed by atoms with Crippen LogP contribution in [0.5, 0.6) is 0 Å². The lowest BCUT2D eigenvalue weighted by molar-refractivity contribution is 0.687. The molecule has 0 unspecified atom stereocenters. The number of hydrogen-bond acceptors (Lipinski definition) is 3. The molecule has 3 nitrogen and oxygen atoms in total. The average molecular weight is 374 g/mol. The zero-order valence-electron chi connectivity index (χ0n) is 12.2. The molecule has 0 fully saturated rings. The van der Waals surface area contributed by atoms with Crippen molar-refractivity contribution >= 4 is 27.7 Å². The van der Waals surface area contributed by atoms with Gasteiger partial charge in [0.25, 0.3) is 0 Å². The van der Waals surface area contributed by atoms with Gasteiger partial charge in [-0.05, 0) is 24.6 Å². The first-order valence-corrected chi connectivity index (χ1v) is 8.91. The van der Waals surface area contributed by atoms with Gasteiger partial charge in [0.2, 0.25) is 0 Å². The number of nitrogens with zero attached hydrogens (tertiary/aromatic N) is 3. The van der Waals surface area contributed by atoms with Crippen LogP contribution in [0.4, 0.5) is 0 Å². The number of halogens is 1. The van der Waals surface area contributed by atoms with Crippen molar-refractivity contribution in [1.82, 2.24) is 14.8 Å². The Morgan fingerprint density at radius 3 is 2.59 bits per heavy atom. The third-order valence-electron chi connectivity index (χ3n) is 3.32. The third-order valence-corrected chi connectivity index (χ3v) is 4.85. The Morgan fingerprint density at radius 2 is 1.86 bits per heavy atom. The lowest BCUT2D eigenvalue weighted by Gasteiger charge is -2.07. The smallest absolute Gasteiger partial charge is 0.191 e. The Balaban J connectivity index is 1.81. The molecule has 0 aliphatic heterocycles. The van der Waals surface area contributed by atoms with Gasteiger partial charge in [-0.15, -0.1) is 10.2 Å². The second-order valence-electron chi connectivity index (χ2n) is 4.84. The molecule has 2 aromatic carbocycles. The molecule has 1 aromatic heterocycles. The van der Waals surface area contributed by atoms with E-state index < -0.39 is 0 Å². The fourth-order valence-electron chi connectivity index (χ4n) is 2.26. The second-order valence-corrected chi connectivity index (χ2v) is 6.69. The number of thioether (sulfide) groups is 1. The summed E-state index contributed by atoms with van der Waals surface area (Å²) in [6.45, 7) is 2.98. The fourth-order valence-corrected chi connectivity index (χ4v) is 3.65. The minimum absolute atomic E-state index is 0.859. The van der Waals surface area contributed by atoms with Crippen LogP contribution in [0.3, 0.4) is 0 Å². The van der Waals surface area contributed by atoms with Gasteiger partial charge in [-0.25, -0.2) is 0 Å². The number of benzene rings is 2. The molecule has 0 amide bonds.